The van der Waals surface area contributed by atoms with E-state index in [0.717, 1.165) is 6.04 Å². The number of rotatable bonds is 6. The van der Waals surface area contributed by atoms with Crippen molar-refractivity contribution in [3.63, 3.8) is 0 Å². The molecule has 0 bridgehead atoms. The molecule has 0 rings (SSSR count). The Hall–Kier alpha value is 0.339. The normalized spacial score (nSPS) is 10.8. The molecule has 0 saturated heterocycles. The molecule has 0 aliphatic heterocycles. The van der Waals surface area contributed by atoms with Crippen LogP contribution in [0.2, 0.25) is 26.0 Å². The van der Waals surface area contributed by atoms with Crippen LogP contribution in [0.25, 0.3) is 0 Å². The van der Waals surface area contributed by atoms with Crippen molar-refractivity contribution in [3.05, 3.63) is 0 Å². The highest BCUT2D eigenvalue weighted by Gasteiger charge is 2.25. The lowest BCUT2D eigenvalue weighted by Crippen LogP contribution is -2.42. The third-order valence-electron chi connectivity index (χ3n) is 2.84. The van der Waals surface area contributed by atoms with Gasteiger partial charge in [0.05, 0.1) is 0 Å². The minimum Gasteiger partial charge on any atom is -0.403 e. The Balaban J connectivity index is -0.000000224. The Morgan fingerprint density at radius 3 is 1.11 bits per heavy atom. The smallest absolute Gasteiger partial charge is 0.334 e. The molecule has 0 fully saturated rings. The summed E-state index contributed by atoms with van der Waals surface area (Å²) in [5.74, 6) is 0. The lowest BCUT2D eigenvalue weighted by Gasteiger charge is -2.20. The molecule has 0 saturated carbocycles. The fraction of sp³-hybridized carbons (Fsp3) is 1.00. The second-order valence-corrected chi connectivity index (χ2v) is 11.5. The van der Waals surface area contributed by atoms with Crippen molar-refractivity contribution in [2.75, 3.05) is 28.4 Å². The monoisotopic (exact) mass is 309 g/mol. The Bertz CT molecular complexity index is 143. The van der Waals surface area contributed by atoms with Gasteiger partial charge in [-0.2, -0.15) is 0 Å². The van der Waals surface area contributed by atoms with E-state index in [1.165, 1.54) is 6.42 Å². The van der Waals surface area contributed by atoms with Crippen LogP contribution in [0, 0.1) is 0 Å². The van der Waals surface area contributed by atoms with Gasteiger partial charge in [-0.15, -0.1) is 0 Å². The van der Waals surface area contributed by atoms with Crippen molar-refractivity contribution >= 4 is 23.9 Å². The van der Waals surface area contributed by atoms with Gasteiger partial charge >= 0.3 is 8.56 Å². The zero-order chi connectivity index (χ0) is 15.9. The second kappa shape index (κ2) is 14.7. The van der Waals surface area contributed by atoms with E-state index in [9.17, 15) is 0 Å². The van der Waals surface area contributed by atoms with E-state index in [-0.39, 0.29) is 0 Å². The van der Waals surface area contributed by atoms with Crippen LogP contribution in [-0.4, -0.2) is 52.3 Å². The zero-order valence-electron chi connectivity index (χ0n) is 14.6. The fourth-order valence-electron chi connectivity index (χ4n) is 0.691. The van der Waals surface area contributed by atoms with Gasteiger partial charge < -0.3 is 17.7 Å². The third kappa shape index (κ3) is 14.6. The highest BCUT2D eigenvalue weighted by molar-refractivity contribution is 7.16. The molecule has 0 aromatic rings. The molecule has 7 heteroatoms. The van der Waals surface area contributed by atoms with Gasteiger partial charge in [0.2, 0.25) is 0 Å². The first-order chi connectivity index (χ1) is 8.78. The molecule has 0 spiro atoms. The summed E-state index contributed by atoms with van der Waals surface area (Å²) >= 11 is 0. The first-order valence-corrected chi connectivity index (χ1v) is 11.7. The summed E-state index contributed by atoms with van der Waals surface area (Å²) in [6.07, 6.45) is 1.25. The van der Waals surface area contributed by atoms with Crippen LogP contribution < -0.4 is 0 Å². The molecule has 0 N–H and O–H groups in total. The van der Waals surface area contributed by atoms with E-state index >= 15 is 0 Å². The highest BCUT2D eigenvalue weighted by Crippen LogP contribution is 2.08. The van der Waals surface area contributed by atoms with Crippen LogP contribution in [0.1, 0.15) is 27.2 Å². The first-order valence-electron chi connectivity index (χ1n) is 6.79. The van der Waals surface area contributed by atoms with E-state index in [1.807, 2.05) is 26.8 Å². The quantitative estimate of drug-likeness (QED) is 0.705. The van der Waals surface area contributed by atoms with Gasteiger partial charge in [-0.3, -0.25) is 0 Å². The predicted molar refractivity (Wildman–Crippen MR) is 89.3 cm³/mol. The van der Waals surface area contributed by atoms with Gasteiger partial charge in [0, 0.05) is 28.4 Å². The average Bonchev–Trinajstić information content (AvgIpc) is 2.47. The number of hydrogen-bond donors (Lipinski definition) is 0. The zero-order valence-corrected chi connectivity index (χ0v) is 16.6. The van der Waals surface area contributed by atoms with Crippen molar-refractivity contribution in [2.24, 2.45) is 0 Å². The third-order valence-corrected chi connectivity index (χ3v) is 8.52. The van der Waals surface area contributed by atoms with Crippen LogP contribution in [-0.2, 0) is 17.7 Å². The van der Waals surface area contributed by atoms with Crippen molar-refractivity contribution in [3.8, 4) is 0 Å². The molecule has 0 heterocycles. The summed E-state index contributed by atoms with van der Waals surface area (Å²) in [6.45, 7) is 14.3. The van der Waals surface area contributed by atoms with Crippen molar-refractivity contribution in [1.29, 1.82) is 0 Å². The average molecular weight is 309 g/mol. The molecule has 0 amide bonds. The Labute approximate surface area is 123 Å². The molecule has 0 aromatic heterocycles. The summed E-state index contributed by atoms with van der Waals surface area (Å²) in [7, 11) is 3.30. The molecule has 0 aliphatic carbocycles. The summed E-state index contributed by atoms with van der Waals surface area (Å²) in [5.41, 5.74) is 0. The molecular weight excluding hydrogens is 275 g/mol. The maximum Gasteiger partial charge on any atom is 0.334 e. The highest BCUT2D eigenvalue weighted by atomic mass is 28.4. The first kappa shape index (κ1) is 24.4. The van der Waals surface area contributed by atoms with Crippen LogP contribution in [0.3, 0.4) is 0 Å². The van der Waals surface area contributed by atoms with Crippen LogP contribution in [0.4, 0.5) is 0 Å². The van der Waals surface area contributed by atoms with Crippen LogP contribution in [0.5, 0.6) is 0 Å². The predicted octanol–water partition coefficient (Wildman–Crippen LogP) is 3.39. The number of hydrogen-bond acceptors (Lipinski definition) is 4. The summed E-state index contributed by atoms with van der Waals surface area (Å²) < 4.78 is 20.5. The summed E-state index contributed by atoms with van der Waals surface area (Å²) in [5, 5.41) is 0. The van der Waals surface area contributed by atoms with Gasteiger partial charge in [0.25, 0.3) is 8.43 Å². The topological polar surface area (TPSA) is 36.9 Å². The standard InChI is InChI=1S/C5H14O2Si.C4H12BO2Si.C3H8/c2*1-5-8(4,6-2)7-3;1-3-2/h5H2,1-4H3;1-4H3;3H2,1-2H3. The van der Waals surface area contributed by atoms with Crippen LogP contribution >= 0.6 is 0 Å². The molecule has 1 radical (unpaired) electrons. The molecule has 117 valence electrons. The minimum absolute atomic E-state index is 1.01. The van der Waals surface area contributed by atoms with Gasteiger partial charge in [0.1, 0.15) is 0 Å². The van der Waals surface area contributed by atoms with E-state index in [1.54, 1.807) is 28.4 Å². The molecule has 0 aromatic carbocycles. The molecule has 0 atom stereocenters. The summed E-state index contributed by atoms with van der Waals surface area (Å²) in [4.78, 5) is 0. The summed E-state index contributed by atoms with van der Waals surface area (Å²) in [6, 6.07) is 1.01. The van der Waals surface area contributed by atoms with Crippen LogP contribution in [0.15, 0.2) is 0 Å². The minimum atomic E-state index is -1.80. The van der Waals surface area contributed by atoms with E-state index < -0.39 is 17.0 Å². The van der Waals surface area contributed by atoms with Gasteiger partial charge in [-0.1, -0.05) is 34.0 Å². The van der Waals surface area contributed by atoms with E-state index in [0.29, 0.717) is 0 Å². The maximum atomic E-state index is 5.15. The second-order valence-electron chi connectivity index (χ2n) is 4.32. The van der Waals surface area contributed by atoms with Gasteiger partial charge in [-0.05, 0) is 19.1 Å². The van der Waals surface area contributed by atoms with Crippen molar-refractivity contribution < 1.29 is 17.7 Å². The molecule has 0 unspecified atom stereocenters. The maximum absolute atomic E-state index is 5.15. The lowest BCUT2D eigenvalue weighted by molar-refractivity contribution is 0.251. The molecule has 0 aliphatic rings. The Morgan fingerprint density at radius 2 is 1.11 bits per heavy atom. The largest absolute Gasteiger partial charge is 0.403 e. The molecule has 4 nitrogen and oxygen atoms in total. The van der Waals surface area contributed by atoms with E-state index in [4.69, 9.17) is 17.7 Å². The SMILES string of the molecule is CCC.CC[Si](C)(OC)OC.C[B][Si](C)(OC)OC. The Morgan fingerprint density at radius 1 is 0.789 bits per heavy atom. The lowest BCUT2D eigenvalue weighted by atomic mass is 10.2. The van der Waals surface area contributed by atoms with Gasteiger partial charge in [-0.25, -0.2) is 0 Å². The molecule has 19 heavy (non-hydrogen) atoms. The molecular formula is C12H34BO4Si2. The van der Waals surface area contributed by atoms with Crippen molar-refractivity contribution in [1.82, 2.24) is 0 Å². The fourth-order valence-corrected chi connectivity index (χ4v) is 2.07. The van der Waals surface area contributed by atoms with Gasteiger partial charge in [0.15, 0.2) is 6.87 Å². The van der Waals surface area contributed by atoms with E-state index in [2.05, 4.69) is 20.8 Å². The van der Waals surface area contributed by atoms with Crippen molar-refractivity contribution in [2.45, 2.75) is 53.2 Å². The Kier molecular flexibility index (Phi) is 18.9.